The Morgan fingerprint density at radius 3 is 1.40 bits per heavy atom. The second-order valence-corrected chi connectivity index (χ2v) is 21.1. The number of benzene rings is 4. The second-order valence-electron chi connectivity index (χ2n) is 15.5. The van der Waals surface area contributed by atoms with Gasteiger partial charge in [0.15, 0.2) is 21.8 Å². The third kappa shape index (κ3) is 10.5. The molecule has 2 aliphatic heterocycles. The fourth-order valence-electron chi connectivity index (χ4n) is 7.93. The summed E-state index contributed by atoms with van der Waals surface area (Å²) in [4.78, 5) is 34.4. The number of thiazole rings is 2. The monoisotopic (exact) mass is 992 g/mol. The minimum Gasteiger partial charge on any atom is -0.493 e. The van der Waals surface area contributed by atoms with Crippen molar-refractivity contribution in [2.45, 2.75) is 30.6 Å². The number of piperazine rings is 2. The maximum Gasteiger partial charge on any atom is 0.270 e. The summed E-state index contributed by atoms with van der Waals surface area (Å²) in [5.41, 5.74) is 6.72. The summed E-state index contributed by atoms with van der Waals surface area (Å²) in [5, 5.41) is 27.6. The van der Waals surface area contributed by atoms with Gasteiger partial charge in [-0.05, 0) is 56.2 Å². The van der Waals surface area contributed by atoms with Crippen LogP contribution in [-0.4, -0.2) is 119 Å². The van der Waals surface area contributed by atoms with Crippen molar-refractivity contribution in [3.8, 4) is 39.8 Å². The molecule has 0 radical (unpaired) electrons. The largest absolute Gasteiger partial charge is 0.493 e. The van der Waals surface area contributed by atoms with E-state index in [9.17, 15) is 37.1 Å². The fourth-order valence-corrected chi connectivity index (χ4v) is 12.6. The van der Waals surface area contributed by atoms with Gasteiger partial charge in [-0.3, -0.25) is 20.2 Å². The van der Waals surface area contributed by atoms with Crippen LogP contribution in [0.15, 0.2) is 93.3 Å². The van der Waals surface area contributed by atoms with Gasteiger partial charge in [0, 0.05) is 98.5 Å². The van der Waals surface area contributed by atoms with Crippen molar-refractivity contribution >= 4 is 64.4 Å². The highest BCUT2D eigenvalue weighted by atomic mass is 32.2. The number of ether oxygens (including phenoxy) is 3. The molecule has 0 atom stereocenters. The smallest absolute Gasteiger partial charge is 0.270 e. The van der Waals surface area contributed by atoms with E-state index >= 15 is 0 Å². The minimum absolute atomic E-state index is 0.0537. The van der Waals surface area contributed by atoms with Crippen molar-refractivity contribution in [3.05, 3.63) is 120 Å². The molecule has 354 valence electrons. The zero-order chi connectivity index (χ0) is 48.2. The minimum atomic E-state index is -3.84. The summed E-state index contributed by atoms with van der Waals surface area (Å²) in [6.45, 7) is 9.22. The molecule has 2 aromatic heterocycles. The van der Waals surface area contributed by atoms with Crippen LogP contribution in [0.1, 0.15) is 16.7 Å². The molecule has 67 heavy (non-hydrogen) atoms. The van der Waals surface area contributed by atoms with E-state index in [1.807, 2.05) is 27.8 Å². The van der Waals surface area contributed by atoms with Crippen LogP contribution in [0.4, 0.5) is 21.6 Å². The second kappa shape index (κ2) is 20.3. The molecule has 6 aromatic rings. The van der Waals surface area contributed by atoms with Crippen LogP contribution in [0.3, 0.4) is 0 Å². The molecular formula is C44H48N8O11S4. The fraction of sp³-hybridized carbons (Fsp3) is 0.318. The summed E-state index contributed by atoms with van der Waals surface area (Å²) in [6.07, 6.45) is 0. The highest BCUT2D eigenvalue weighted by molar-refractivity contribution is 7.89. The number of anilines is 2. The lowest BCUT2D eigenvalue weighted by Gasteiger charge is -2.33. The molecule has 4 heterocycles. The Balaban J connectivity index is 0.000000200. The number of methoxy groups -OCH3 is 3. The first kappa shape index (κ1) is 48.7. The van der Waals surface area contributed by atoms with Gasteiger partial charge in [-0.25, -0.2) is 26.8 Å². The van der Waals surface area contributed by atoms with E-state index in [4.69, 9.17) is 24.2 Å². The van der Waals surface area contributed by atoms with Gasteiger partial charge in [0.2, 0.25) is 25.8 Å². The highest BCUT2D eigenvalue weighted by Crippen LogP contribution is 2.42. The lowest BCUT2D eigenvalue weighted by Crippen LogP contribution is -2.48. The van der Waals surface area contributed by atoms with Crippen molar-refractivity contribution in [1.29, 1.82) is 0 Å². The average Bonchev–Trinajstić information content (AvgIpc) is 4.03. The normalized spacial score (nSPS) is 14.8. The Hall–Kier alpha value is -6.24. The van der Waals surface area contributed by atoms with Crippen LogP contribution < -0.4 is 24.0 Å². The predicted octanol–water partition coefficient (Wildman–Crippen LogP) is 7.41. The molecule has 2 aliphatic rings. The zero-order valence-corrected chi connectivity index (χ0v) is 40.7. The Labute approximate surface area is 396 Å². The quantitative estimate of drug-likeness (QED) is 0.0812. The first-order valence-corrected chi connectivity index (χ1v) is 25.4. The Kier molecular flexibility index (Phi) is 14.8. The van der Waals surface area contributed by atoms with Crippen LogP contribution in [0.5, 0.6) is 17.2 Å². The van der Waals surface area contributed by atoms with Gasteiger partial charge in [0.25, 0.3) is 11.4 Å². The number of aryl methyl sites for hydroxylation is 3. The summed E-state index contributed by atoms with van der Waals surface area (Å²) in [7, 11) is -2.99. The van der Waals surface area contributed by atoms with Gasteiger partial charge >= 0.3 is 0 Å². The van der Waals surface area contributed by atoms with Gasteiger partial charge in [-0.2, -0.15) is 8.61 Å². The number of hydrogen-bond donors (Lipinski definition) is 0. The number of sulfonamides is 2. The maximum atomic E-state index is 13.0. The number of non-ortho nitro benzene ring substituents is 2. The molecule has 0 spiro atoms. The molecule has 8 rings (SSSR count). The summed E-state index contributed by atoms with van der Waals surface area (Å²) >= 11 is 3.01. The van der Waals surface area contributed by atoms with Crippen LogP contribution in [0.25, 0.3) is 22.5 Å². The van der Waals surface area contributed by atoms with E-state index in [-0.39, 0.29) is 34.3 Å². The molecule has 23 heteroatoms. The standard InChI is InChI=1S/C22H24N4O7S2.C22H24N4O4S2/c1-31-19-11-15(12-20(32-2)21(19)33-3)18-14-34-22(23-18)24-7-9-25(10-8-24)35(29,30)17-6-4-5-16(13-17)26(27)28;1-15-11-16(2)21(17(3)12-15)20-14-31-22(23-20)24-7-9-25(10-8-24)32(29,30)19-6-4-5-18(13-19)26(27)28/h4-6,11-14H,7-10H2,1-3H3;4-6,11-14H,7-10H2,1-3H3. The topological polar surface area (TPSA) is 221 Å². The van der Waals surface area contributed by atoms with E-state index in [0.717, 1.165) is 44.9 Å². The van der Waals surface area contributed by atoms with Crippen molar-refractivity contribution in [2.24, 2.45) is 0 Å². The third-order valence-electron chi connectivity index (χ3n) is 11.2. The lowest BCUT2D eigenvalue weighted by molar-refractivity contribution is -0.385. The SMILES string of the molecule is COc1cc(-c2csc(N3CCN(S(=O)(=O)c4cccc([N+](=O)[O-])c4)CC3)n2)cc(OC)c1OC.Cc1cc(C)c(-c2csc(N3CCN(S(=O)(=O)c4cccc([N+](=O)[O-])c4)CC3)n2)c(C)c1. The van der Waals surface area contributed by atoms with E-state index in [1.165, 1.54) is 73.0 Å². The van der Waals surface area contributed by atoms with E-state index in [1.54, 1.807) is 32.7 Å². The number of aromatic nitrogens is 2. The average molecular weight is 993 g/mol. The molecule has 0 bridgehead atoms. The van der Waals surface area contributed by atoms with Crippen molar-refractivity contribution < 1.29 is 40.9 Å². The van der Waals surface area contributed by atoms with E-state index in [2.05, 4.69) is 37.8 Å². The van der Waals surface area contributed by atoms with Crippen molar-refractivity contribution in [3.63, 3.8) is 0 Å². The number of nitro benzene ring substituents is 2. The Morgan fingerprint density at radius 2 is 1.00 bits per heavy atom. The third-order valence-corrected chi connectivity index (χ3v) is 16.8. The van der Waals surface area contributed by atoms with E-state index in [0.29, 0.717) is 56.5 Å². The first-order chi connectivity index (χ1) is 31.9. The molecular weight excluding hydrogens is 945 g/mol. The Bertz CT molecular complexity index is 2970. The molecule has 0 amide bonds. The summed E-state index contributed by atoms with van der Waals surface area (Å²) in [5.74, 6) is 1.54. The highest BCUT2D eigenvalue weighted by Gasteiger charge is 2.32. The van der Waals surface area contributed by atoms with E-state index < -0.39 is 29.9 Å². The van der Waals surface area contributed by atoms with Crippen LogP contribution in [0.2, 0.25) is 0 Å². The maximum absolute atomic E-state index is 13.0. The van der Waals surface area contributed by atoms with Gasteiger partial charge in [-0.1, -0.05) is 29.8 Å². The molecule has 0 aliphatic carbocycles. The Morgan fingerprint density at radius 1 is 0.582 bits per heavy atom. The first-order valence-electron chi connectivity index (χ1n) is 20.7. The lowest BCUT2D eigenvalue weighted by atomic mass is 9.98. The van der Waals surface area contributed by atoms with Crippen molar-refractivity contribution in [1.82, 2.24) is 18.6 Å². The molecule has 2 saturated heterocycles. The number of rotatable bonds is 13. The van der Waals surface area contributed by atoms with Gasteiger partial charge < -0.3 is 24.0 Å². The van der Waals surface area contributed by atoms with Gasteiger partial charge in [-0.15, -0.1) is 22.7 Å². The molecule has 0 saturated carbocycles. The zero-order valence-electron chi connectivity index (χ0n) is 37.4. The number of nitro groups is 2. The molecule has 0 N–H and O–H groups in total. The predicted molar refractivity (Wildman–Crippen MR) is 257 cm³/mol. The van der Waals surface area contributed by atoms with Crippen LogP contribution in [0, 0.1) is 41.0 Å². The molecule has 4 aromatic carbocycles. The van der Waals surface area contributed by atoms with Crippen molar-refractivity contribution in [2.75, 3.05) is 83.5 Å². The van der Waals surface area contributed by atoms with Gasteiger partial charge in [0.05, 0.1) is 52.4 Å². The summed E-state index contributed by atoms with van der Waals surface area (Å²) in [6, 6.07) is 18.3. The molecule has 0 unspecified atom stereocenters. The van der Waals surface area contributed by atoms with Crippen LogP contribution in [-0.2, 0) is 20.0 Å². The summed E-state index contributed by atoms with van der Waals surface area (Å²) < 4.78 is 70.9. The molecule has 19 nitrogen and oxygen atoms in total. The van der Waals surface area contributed by atoms with Gasteiger partial charge in [0.1, 0.15) is 0 Å². The number of hydrogen-bond acceptors (Lipinski definition) is 17. The molecule has 2 fully saturated rings. The van der Waals surface area contributed by atoms with Crippen LogP contribution >= 0.6 is 22.7 Å². The number of nitrogens with zero attached hydrogens (tertiary/aromatic N) is 8.